The van der Waals surface area contributed by atoms with Gasteiger partial charge in [0.2, 0.25) is 0 Å². The van der Waals surface area contributed by atoms with E-state index in [1.807, 2.05) is 6.92 Å². The second kappa shape index (κ2) is 8.27. The molecule has 2 heteroatoms. The number of allylic oxidation sites excluding steroid dienone is 1. The molecule has 0 aromatic rings. The highest BCUT2D eigenvalue weighted by molar-refractivity contribution is 4.85. The summed E-state index contributed by atoms with van der Waals surface area (Å²) in [6.07, 6.45) is 8.65. The topological polar surface area (TPSA) is 52.0 Å². The molecule has 0 saturated carbocycles. The van der Waals surface area contributed by atoms with E-state index in [-0.39, 0.29) is 0 Å². The maximum absolute atomic E-state index is 6.06. The van der Waals surface area contributed by atoms with Crippen molar-refractivity contribution in [2.24, 2.45) is 17.4 Å². The first-order valence-corrected chi connectivity index (χ1v) is 5.33. The molecular formula is C11H24N2. The average Bonchev–Trinajstić information content (AvgIpc) is 2.16. The molecule has 0 radical (unpaired) electrons. The molecule has 0 aliphatic carbocycles. The number of nitrogens with two attached hydrogens (primary N) is 2. The van der Waals surface area contributed by atoms with Crippen LogP contribution >= 0.6 is 0 Å². The molecule has 0 bridgehead atoms. The Morgan fingerprint density at radius 1 is 1.38 bits per heavy atom. The molecule has 78 valence electrons. The lowest BCUT2D eigenvalue weighted by Gasteiger charge is -2.21. The third-order valence-corrected chi connectivity index (χ3v) is 2.55. The molecule has 0 saturated heterocycles. The van der Waals surface area contributed by atoms with Crippen LogP contribution in [0.15, 0.2) is 12.2 Å². The van der Waals surface area contributed by atoms with Crippen molar-refractivity contribution in [1.82, 2.24) is 0 Å². The van der Waals surface area contributed by atoms with E-state index < -0.39 is 0 Å². The molecule has 0 spiro atoms. The monoisotopic (exact) mass is 184 g/mol. The van der Waals surface area contributed by atoms with E-state index >= 15 is 0 Å². The predicted octanol–water partition coefficient (Wildman–Crippen LogP) is 2.05. The molecule has 0 aromatic carbocycles. The van der Waals surface area contributed by atoms with E-state index in [4.69, 9.17) is 11.5 Å². The highest BCUT2D eigenvalue weighted by Crippen LogP contribution is 2.16. The Bertz CT molecular complexity index is 132. The summed E-state index contributed by atoms with van der Waals surface area (Å²) in [5.74, 6) is 0.639. The summed E-state index contributed by atoms with van der Waals surface area (Å²) in [5.41, 5.74) is 11.5. The van der Waals surface area contributed by atoms with E-state index in [1.54, 1.807) is 0 Å². The molecule has 0 aliphatic rings. The van der Waals surface area contributed by atoms with Crippen molar-refractivity contribution in [3.05, 3.63) is 12.2 Å². The van der Waals surface area contributed by atoms with Gasteiger partial charge < -0.3 is 11.5 Å². The van der Waals surface area contributed by atoms with Gasteiger partial charge in [-0.05, 0) is 38.6 Å². The zero-order chi connectivity index (χ0) is 10.1. The fraction of sp³-hybridized carbons (Fsp3) is 0.818. The maximum Gasteiger partial charge on any atom is 0.0102 e. The van der Waals surface area contributed by atoms with Gasteiger partial charge in [0, 0.05) is 6.04 Å². The standard InChI is InChI=1S/C11H24N2/c1-3-5-8-11(13)10(4-2)7-6-9-12/h3,5,10-11H,4,6-9,12-13H2,1-2H3. The van der Waals surface area contributed by atoms with Gasteiger partial charge in [0.1, 0.15) is 0 Å². The number of hydrogen-bond donors (Lipinski definition) is 2. The summed E-state index contributed by atoms with van der Waals surface area (Å²) in [6.45, 7) is 5.02. The van der Waals surface area contributed by atoms with Gasteiger partial charge in [-0.15, -0.1) is 0 Å². The van der Waals surface area contributed by atoms with E-state index in [0.29, 0.717) is 12.0 Å². The average molecular weight is 184 g/mol. The van der Waals surface area contributed by atoms with Gasteiger partial charge in [0.15, 0.2) is 0 Å². The maximum atomic E-state index is 6.06. The lowest BCUT2D eigenvalue weighted by Crippen LogP contribution is -2.29. The first-order chi connectivity index (χ1) is 6.26. The molecule has 2 atom stereocenters. The van der Waals surface area contributed by atoms with Crippen molar-refractivity contribution < 1.29 is 0 Å². The molecule has 0 amide bonds. The molecule has 0 aliphatic heterocycles. The van der Waals surface area contributed by atoms with E-state index in [1.165, 1.54) is 12.8 Å². The Morgan fingerprint density at radius 3 is 2.54 bits per heavy atom. The second-order valence-electron chi connectivity index (χ2n) is 3.57. The predicted molar refractivity (Wildman–Crippen MR) is 59.5 cm³/mol. The summed E-state index contributed by atoms with van der Waals surface area (Å²) in [6, 6.07) is 0.313. The van der Waals surface area contributed by atoms with Crippen LogP contribution in [0.2, 0.25) is 0 Å². The van der Waals surface area contributed by atoms with E-state index in [2.05, 4.69) is 19.1 Å². The van der Waals surface area contributed by atoms with Crippen molar-refractivity contribution in [3.8, 4) is 0 Å². The lowest BCUT2D eigenvalue weighted by atomic mass is 9.90. The van der Waals surface area contributed by atoms with Gasteiger partial charge in [0.25, 0.3) is 0 Å². The van der Waals surface area contributed by atoms with Gasteiger partial charge in [-0.1, -0.05) is 25.5 Å². The molecule has 0 heterocycles. The minimum absolute atomic E-state index is 0.313. The van der Waals surface area contributed by atoms with Crippen LogP contribution in [0.5, 0.6) is 0 Å². The summed E-state index contributed by atoms with van der Waals surface area (Å²) >= 11 is 0. The third-order valence-electron chi connectivity index (χ3n) is 2.55. The molecule has 2 unspecified atom stereocenters. The van der Waals surface area contributed by atoms with Crippen LogP contribution in [0.3, 0.4) is 0 Å². The van der Waals surface area contributed by atoms with Gasteiger partial charge in [0.05, 0.1) is 0 Å². The van der Waals surface area contributed by atoms with Gasteiger partial charge >= 0.3 is 0 Å². The van der Waals surface area contributed by atoms with E-state index in [0.717, 1.165) is 19.4 Å². The van der Waals surface area contributed by atoms with Crippen LogP contribution in [0.4, 0.5) is 0 Å². The SMILES string of the molecule is CC=CCC(N)C(CC)CCCN. The quantitative estimate of drug-likeness (QED) is 0.595. The number of hydrogen-bond acceptors (Lipinski definition) is 2. The highest BCUT2D eigenvalue weighted by atomic mass is 14.6. The normalized spacial score (nSPS) is 16.3. The molecule has 0 rings (SSSR count). The van der Waals surface area contributed by atoms with Crippen LogP contribution in [-0.2, 0) is 0 Å². The lowest BCUT2D eigenvalue weighted by molar-refractivity contribution is 0.376. The zero-order valence-electron chi connectivity index (χ0n) is 9.00. The summed E-state index contributed by atoms with van der Waals surface area (Å²) in [7, 11) is 0. The van der Waals surface area contributed by atoms with Crippen LogP contribution in [0, 0.1) is 5.92 Å². The summed E-state index contributed by atoms with van der Waals surface area (Å²) in [4.78, 5) is 0. The van der Waals surface area contributed by atoms with Crippen LogP contribution in [-0.4, -0.2) is 12.6 Å². The van der Waals surface area contributed by atoms with Gasteiger partial charge in [-0.2, -0.15) is 0 Å². The summed E-state index contributed by atoms with van der Waals surface area (Å²) < 4.78 is 0. The minimum Gasteiger partial charge on any atom is -0.330 e. The van der Waals surface area contributed by atoms with Gasteiger partial charge in [-0.3, -0.25) is 0 Å². The Hall–Kier alpha value is -0.340. The van der Waals surface area contributed by atoms with Crippen molar-refractivity contribution in [2.75, 3.05) is 6.54 Å². The Kier molecular flexibility index (Phi) is 8.05. The van der Waals surface area contributed by atoms with Crippen LogP contribution in [0.1, 0.15) is 39.5 Å². The van der Waals surface area contributed by atoms with Crippen molar-refractivity contribution >= 4 is 0 Å². The Morgan fingerprint density at radius 2 is 2.08 bits per heavy atom. The molecule has 4 N–H and O–H groups in total. The first kappa shape index (κ1) is 12.7. The van der Waals surface area contributed by atoms with Gasteiger partial charge in [-0.25, -0.2) is 0 Å². The third kappa shape index (κ3) is 5.83. The van der Waals surface area contributed by atoms with Crippen molar-refractivity contribution in [3.63, 3.8) is 0 Å². The fourth-order valence-electron chi connectivity index (χ4n) is 1.59. The molecule has 0 aromatic heterocycles. The molecular weight excluding hydrogens is 160 g/mol. The Balaban J connectivity index is 3.76. The zero-order valence-corrected chi connectivity index (χ0v) is 9.00. The molecule has 13 heavy (non-hydrogen) atoms. The van der Waals surface area contributed by atoms with E-state index in [9.17, 15) is 0 Å². The number of rotatable bonds is 7. The Labute approximate surface area is 82.4 Å². The van der Waals surface area contributed by atoms with Crippen molar-refractivity contribution in [2.45, 2.75) is 45.6 Å². The van der Waals surface area contributed by atoms with Crippen LogP contribution < -0.4 is 11.5 Å². The minimum atomic E-state index is 0.313. The first-order valence-electron chi connectivity index (χ1n) is 5.33. The molecule has 2 nitrogen and oxygen atoms in total. The molecule has 0 fully saturated rings. The smallest absolute Gasteiger partial charge is 0.0102 e. The highest BCUT2D eigenvalue weighted by Gasteiger charge is 2.13. The van der Waals surface area contributed by atoms with Crippen LogP contribution in [0.25, 0.3) is 0 Å². The largest absolute Gasteiger partial charge is 0.330 e. The summed E-state index contributed by atoms with van der Waals surface area (Å²) in [5, 5.41) is 0. The second-order valence-corrected chi connectivity index (χ2v) is 3.57. The van der Waals surface area contributed by atoms with Crippen molar-refractivity contribution in [1.29, 1.82) is 0 Å². The fourth-order valence-corrected chi connectivity index (χ4v) is 1.59.